The Morgan fingerprint density at radius 3 is 2.35 bits per heavy atom. The van der Waals surface area contributed by atoms with E-state index in [-0.39, 0.29) is 0 Å². The lowest BCUT2D eigenvalue weighted by Gasteiger charge is -2.15. The van der Waals surface area contributed by atoms with Crippen LogP contribution < -0.4 is 10.1 Å². The third-order valence-corrected chi connectivity index (χ3v) is 5.24. The molecule has 26 heavy (non-hydrogen) atoms. The minimum atomic E-state index is -4.13. The molecule has 7 heteroatoms. The summed E-state index contributed by atoms with van der Waals surface area (Å²) in [5, 5.41) is 2.45. The summed E-state index contributed by atoms with van der Waals surface area (Å²) < 4.78 is 53.1. The van der Waals surface area contributed by atoms with Crippen molar-refractivity contribution >= 4 is 10.8 Å². The normalized spacial score (nSPS) is 14.2. The second kappa shape index (κ2) is 12.3. The van der Waals surface area contributed by atoms with E-state index in [2.05, 4.69) is 12.2 Å². The molecule has 0 bridgehead atoms. The molecule has 0 radical (unpaired) electrons. The summed E-state index contributed by atoms with van der Waals surface area (Å²) >= 11 is 0. The van der Waals surface area contributed by atoms with E-state index in [4.69, 9.17) is 4.74 Å². The molecule has 0 amide bonds. The van der Waals surface area contributed by atoms with Crippen LogP contribution in [0.15, 0.2) is 29.2 Å². The highest BCUT2D eigenvalue weighted by atomic mass is 32.2. The fraction of sp³-hybridized carbons (Fsp3) is 0.684. The van der Waals surface area contributed by atoms with Crippen LogP contribution in [-0.2, 0) is 10.8 Å². The fourth-order valence-electron chi connectivity index (χ4n) is 2.75. The average molecular weight is 394 g/mol. The number of rotatable bonds is 13. The van der Waals surface area contributed by atoms with Crippen LogP contribution in [-0.4, -0.2) is 36.3 Å². The minimum Gasteiger partial charge on any atom is -0.494 e. The first kappa shape index (κ1) is 23.0. The van der Waals surface area contributed by atoms with Crippen molar-refractivity contribution < 1.29 is 22.1 Å². The first-order chi connectivity index (χ1) is 12.3. The average Bonchev–Trinajstić information content (AvgIpc) is 2.58. The Bertz CT molecular complexity index is 521. The SMILES string of the molecule is CCC(CCCCOc1ccc(S(C)=O)cc1)CCCNCC(F)(F)F. The summed E-state index contributed by atoms with van der Waals surface area (Å²) in [6, 6.07) is 7.29. The molecule has 3 nitrogen and oxygen atoms in total. The Hall–Kier alpha value is -1.08. The summed E-state index contributed by atoms with van der Waals surface area (Å²) in [5.41, 5.74) is 0. The van der Waals surface area contributed by atoms with Crippen molar-refractivity contribution in [3.63, 3.8) is 0 Å². The predicted molar refractivity (Wildman–Crippen MR) is 100 cm³/mol. The monoisotopic (exact) mass is 393 g/mol. The summed E-state index contributed by atoms with van der Waals surface area (Å²) in [7, 11) is -0.977. The van der Waals surface area contributed by atoms with Crippen LogP contribution in [0.1, 0.15) is 45.4 Å². The molecule has 0 spiro atoms. The highest BCUT2D eigenvalue weighted by Crippen LogP contribution is 2.19. The van der Waals surface area contributed by atoms with Crippen LogP contribution in [0.3, 0.4) is 0 Å². The maximum Gasteiger partial charge on any atom is 0.401 e. The molecule has 0 heterocycles. The van der Waals surface area contributed by atoms with Crippen LogP contribution >= 0.6 is 0 Å². The van der Waals surface area contributed by atoms with E-state index in [1.54, 1.807) is 6.26 Å². The zero-order valence-electron chi connectivity index (χ0n) is 15.6. The van der Waals surface area contributed by atoms with Crippen molar-refractivity contribution in [1.82, 2.24) is 5.32 Å². The minimum absolute atomic E-state index is 0.414. The molecule has 0 saturated heterocycles. The lowest BCUT2D eigenvalue weighted by molar-refractivity contribution is -0.124. The number of hydrogen-bond acceptors (Lipinski definition) is 3. The Morgan fingerprint density at radius 1 is 1.12 bits per heavy atom. The zero-order valence-corrected chi connectivity index (χ0v) is 16.4. The molecule has 0 aliphatic heterocycles. The third kappa shape index (κ3) is 10.8. The molecular weight excluding hydrogens is 363 g/mol. The van der Waals surface area contributed by atoms with Gasteiger partial charge in [-0.05, 0) is 62.4 Å². The van der Waals surface area contributed by atoms with Crippen LogP contribution in [0.5, 0.6) is 5.75 Å². The molecule has 1 N–H and O–H groups in total. The summed E-state index contributed by atoms with van der Waals surface area (Å²) in [6.07, 6.45) is 3.37. The van der Waals surface area contributed by atoms with Gasteiger partial charge >= 0.3 is 6.18 Å². The van der Waals surface area contributed by atoms with E-state index in [0.717, 1.165) is 49.2 Å². The smallest absolute Gasteiger partial charge is 0.401 e. The van der Waals surface area contributed by atoms with E-state index in [1.807, 2.05) is 24.3 Å². The zero-order chi connectivity index (χ0) is 19.4. The molecular formula is C19H30F3NO2S. The highest BCUT2D eigenvalue weighted by molar-refractivity contribution is 7.84. The Kier molecular flexibility index (Phi) is 10.9. The van der Waals surface area contributed by atoms with Crippen LogP contribution in [0.25, 0.3) is 0 Å². The van der Waals surface area contributed by atoms with E-state index in [0.29, 0.717) is 19.1 Å². The van der Waals surface area contributed by atoms with Gasteiger partial charge in [0.1, 0.15) is 5.75 Å². The van der Waals surface area contributed by atoms with Gasteiger partial charge in [-0.15, -0.1) is 0 Å². The van der Waals surface area contributed by atoms with Gasteiger partial charge in [-0.3, -0.25) is 4.21 Å². The Balaban J connectivity index is 2.10. The number of hydrogen-bond donors (Lipinski definition) is 1. The molecule has 1 aromatic rings. The third-order valence-electron chi connectivity index (χ3n) is 4.30. The van der Waals surface area contributed by atoms with Gasteiger partial charge in [0.2, 0.25) is 0 Å². The standard InChI is InChI=1S/C19H30F3NO2S/c1-3-16(8-6-13-23-15-19(20,21)22)7-4-5-14-25-17-9-11-18(12-10-17)26(2)24/h9-12,16,23H,3-8,13-15H2,1-2H3. The molecule has 2 atom stereocenters. The first-order valence-electron chi connectivity index (χ1n) is 9.15. The van der Waals surface area contributed by atoms with Crippen molar-refractivity contribution in [1.29, 1.82) is 0 Å². The van der Waals surface area contributed by atoms with Gasteiger partial charge in [0.05, 0.1) is 13.2 Å². The van der Waals surface area contributed by atoms with Gasteiger partial charge in [0, 0.05) is 22.0 Å². The molecule has 2 unspecified atom stereocenters. The van der Waals surface area contributed by atoms with Crippen molar-refractivity contribution in [3.05, 3.63) is 24.3 Å². The summed E-state index contributed by atoms with van der Waals surface area (Å²) in [6.45, 7) is 2.27. The number of benzene rings is 1. The Labute approximate surface area is 157 Å². The largest absolute Gasteiger partial charge is 0.494 e. The van der Waals surface area contributed by atoms with E-state index < -0.39 is 23.5 Å². The fourth-order valence-corrected chi connectivity index (χ4v) is 3.27. The molecule has 1 aromatic carbocycles. The first-order valence-corrected chi connectivity index (χ1v) is 10.7. The maximum atomic E-state index is 12.0. The van der Waals surface area contributed by atoms with Crippen molar-refractivity contribution in [3.8, 4) is 5.75 Å². The van der Waals surface area contributed by atoms with Gasteiger partial charge in [0.15, 0.2) is 0 Å². The molecule has 0 fully saturated rings. The predicted octanol–water partition coefficient (Wildman–Crippen LogP) is 4.93. The van der Waals surface area contributed by atoms with Crippen LogP contribution in [0, 0.1) is 5.92 Å². The maximum absolute atomic E-state index is 12.0. The van der Waals surface area contributed by atoms with E-state index >= 15 is 0 Å². The molecule has 1 rings (SSSR count). The van der Waals surface area contributed by atoms with E-state index in [9.17, 15) is 17.4 Å². The van der Waals surface area contributed by atoms with Crippen LogP contribution in [0.4, 0.5) is 13.2 Å². The van der Waals surface area contributed by atoms with E-state index in [1.165, 1.54) is 0 Å². The lowest BCUT2D eigenvalue weighted by atomic mass is 9.94. The highest BCUT2D eigenvalue weighted by Gasteiger charge is 2.25. The summed E-state index contributed by atoms with van der Waals surface area (Å²) in [4.78, 5) is 0.785. The summed E-state index contributed by atoms with van der Waals surface area (Å²) in [5.74, 6) is 1.34. The van der Waals surface area contributed by atoms with Crippen molar-refractivity contribution in [2.75, 3.05) is 26.0 Å². The molecule has 0 aliphatic rings. The quantitative estimate of drug-likeness (QED) is 0.483. The number of ether oxygens (including phenoxy) is 1. The van der Waals surface area contributed by atoms with Crippen LogP contribution in [0.2, 0.25) is 0 Å². The number of halogens is 3. The molecule has 0 aliphatic carbocycles. The van der Waals surface area contributed by atoms with Crippen molar-refractivity contribution in [2.24, 2.45) is 5.92 Å². The molecule has 0 aromatic heterocycles. The number of nitrogens with one attached hydrogen (secondary N) is 1. The van der Waals surface area contributed by atoms with Crippen molar-refractivity contribution in [2.45, 2.75) is 56.5 Å². The van der Waals surface area contributed by atoms with Gasteiger partial charge in [-0.2, -0.15) is 13.2 Å². The lowest BCUT2D eigenvalue weighted by Crippen LogP contribution is -2.29. The van der Waals surface area contributed by atoms with Gasteiger partial charge in [0.25, 0.3) is 0 Å². The second-order valence-corrected chi connectivity index (χ2v) is 7.86. The Morgan fingerprint density at radius 2 is 1.77 bits per heavy atom. The van der Waals surface area contributed by atoms with Gasteiger partial charge in [-0.25, -0.2) is 0 Å². The topological polar surface area (TPSA) is 38.3 Å². The van der Waals surface area contributed by atoms with Gasteiger partial charge in [-0.1, -0.05) is 19.8 Å². The van der Waals surface area contributed by atoms with Gasteiger partial charge < -0.3 is 10.1 Å². The second-order valence-electron chi connectivity index (χ2n) is 6.48. The number of unbranched alkanes of at least 4 members (excludes halogenated alkanes) is 1. The molecule has 150 valence electrons. The number of alkyl halides is 3. The molecule has 0 saturated carbocycles.